The SMILES string of the molecule is CSc1ccc([O][Zr+2][O]c2ccc(SC)cc2)cc1.[Cl-].[Cl-]. The first-order chi connectivity index (χ1) is 9.31. The Hall–Kier alpha value is 0.203. The average Bonchev–Trinajstić information content (AvgIpc) is 2.49. The quantitative estimate of drug-likeness (QED) is 0.510. The molecule has 0 fully saturated rings. The van der Waals surface area contributed by atoms with Gasteiger partial charge < -0.3 is 24.8 Å². The fraction of sp³-hybridized carbons (Fsp3) is 0.143. The van der Waals surface area contributed by atoms with Crippen molar-refractivity contribution in [2.45, 2.75) is 9.79 Å². The normalized spacial score (nSPS) is 8.86. The molecule has 0 bridgehead atoms. The van der Waals surface area contributed by atoms with E-state index in [9.17, 15) is 0 Å². The molecule has 112 valence electrons. The summed E-state index contributed by atoms with van der Waals surface area (Å²) in [6.07, 6.45) is 4.13. The van der Waals surface area contributed by atoms with Gasteiger partial charge in [0, 0.05) is 0 Å². The molecule has 0 heterocycles. The third-order valence-corrected chi connectivity index (χ3v) is 5.49. The third-order valence-electron chi connectivity index (χ3n) is 2.44. The minimum atomic E-state index is -1.32. The molecule has 7 heteroatoms. The molecule has 0 spiro atoms. The summed E-state index contributed by atoms with van der Waals surface area (Å²) in [6, 6.07) is 16.2. The Kier molecular flexibility index (Phi) is 11.8. The third kappa shape index (κ3) is 7.34. The topological polar surface area (TPSA) is 18.5 Å². The van der Waals surface area contributed by atoms with Crippen LogP contribution in [0.25, 0.3) is 0 Å². The second kappa shape index (κ2) is 11.7. The Morgan fingerprint density at radius 2 is 1.00 bits per heavy atom. The zero-order chi connectivity index (χ0) is 13.5. The Morgan fingerprint density at radius 3 is 1.29 bits per heavy atom. The van der Waals surface area contributed by atoms with Crippen molar-refractivity contribution >= 4 is 23.5 Å². The molecule has 0 aliphatic carbocycles. The van der Waals surface area contributed by atoms with Gasteiger partial charge in [0.25, 0.3) is 0 Å². The molecule has 2 aromatic carbocycles. The van der Waals surface area contributed by atoms with E-state index in [1.54, 1.807) is 23.5 Å². The first-order valence-electron chi connectivity index (χ1n) is 5.68. The van der Waals surface area contributed by atoms with Gasteiger partial charge in [-0.1, -0.05) is 0 Å². The van der Waals surface area contributed by atoms with E-state index in [2.05, 4.69) is 36.8 Å². The van der Waals surface area contributed by atoms with Crippen molar-refractivity contribution in [1.29, 1.82) is 0 Å². The number of hydrogen-bond acceptors (Lipinski definition) is 4. The van der Waals surface area contributed by atoms with Crippen molar-refractivity contribution in [2.75, 3.05) is 12.5 Å². The molecule has 0 saturated carbocycles. The summed E-state index contributed by atoms with van der Waals surface area (Å²) in [5.74, 6) is 1.79. The average molecular weight is 441 g/mol. The summed E-state index contributed by atoms with van der Waals surface area (Å²) in [5.41, 5.74) is 0. The van der Waals surface area contributed by atoms with E-state index < -0.39 is 24.1 Å². The van der Waals surface area contributed by atoms with Crippen molar-refractivity contribution in [3.8, 4) is 11.5 Å². The number of halogens is 2. The van der Waals surface area contributed by atoms with Crippen LogP contribution in [-0.2, 0) is 24.1 Å². The monoisotopic (exact) mass is 438 g/mol. The van der Waals surface area contributed by atoms with Gasteiger partial charge in [-0.05, 0) is 0 Å². The van der Waals surface area contributed by atoms with Crippen LogP contribution in [0.1, 0.15) is 0 Å². The predicted molar refractivity (Wildman–Crippen MR) is 77.7 cm³/mol. The number of thioether (sulfide) groups is 2. The van der Waals surface area contributed by atoms with Crippen LogP contribution in [0.4, 0.5) is 0 Å². The summed E-state index contributed by atoms with van der Waals surface area (Å²) in [7, 11) is 0. The van der Waals surface area contributed by atoms with Gasteiger partial charge in [0.2, 0.25) is 0 Å². The zero-order valence-electron chi connectivity index (χ0n) is 11.5. The summed E-state index contributed by atoms with van der Waals surface area (Å²) >= 11 is 2.14. The fourth-order valence-corrected chi connectivity index (χ4v) is 3.47. The van der Waals surface area contributed by atoms with Gasteiger partial charge in [0.05, 0.1) is 0 Å². The van der Waals surface area contributed by atoms with Crippen molar-refractivity contribution in [3.63, 3.8) is 0 Å². The molecule has 0 aromatic heterocycles. The maximum atomic E-state index is 5.70. The summed E-state index contributed by atoms with van der Waals surface area (Å²) in [4.78, 5) is 2.48. The molecular weight excluding hydrogens is 426 g/mol. The van der Waals surface area contributed by atoms with Gasteiger partial charge in [-0.3, -0.25) is 0 Å². The molecule has 2 nitrogen and oxygen atoms in total. The summed E-state index contributed by atoms with van der Waals surface area (Å²) < 4.78 is 11.4. The molecule has 0 atom stereocenters. The maximum Gasteiger partial charge on any atom is -1.00 e. The molecule has 2 aromatic rings. The van der Waals surface area contributed by atoms with E-state index in [1.165, 1.54) is 9.79 Å². The van der Waals surface area contributed by atoms with Gasteiger partial charge in [-0.2, -0.15) is 0 Å². The van der Waals surface area contributed by atoms with Crippen molar-refractivity contribution in [2.24, 2.45) is 0 Å². The predicted octanol–water partition coefficient (Wildman–Crippen LogP) is -1.49. The molecule has 0 N–H and O–H groups in total. The standard InChI is InChI=1S/2C7H8OS.2ClH.Zr/c2*1-9-7-4-2-6(8)3-5-7;;;/h2*2-5,8H,1H3;2*1H;/q;;;;+4/p-4. The molecule has 2 rings (SSSR count). The number of rotatable bonds is 6. The van der Waals surface area contributed by atoms with E-state index in [0.717, 1.165) is 11.5 Å². The van der Waals surface area contributed by atoms with E-state index in [4.69, 9.17) is 5.63 Å². The zero-order valence-corrected chi connectivity index (χ0v) is 17.1. The largest absolute Gasteiger partial charge is 1.00 e. The van der Waals surface area contributed by atoms with Crippen LogP contribution in [0.5, 0.6) is 11.5 Å². The first kappa shape index (κ1) is 21.2. The van der Waals surface area contributed by atoms with Crippen molar-refractivity contribution < 1.29 is 54.6 Å². The van der Waals surface area contributed by atoms with E-state index in [1.807, 2.05) is 24.3 Å². The molecule has 0 unspecified atom stereocenters. The molecule has 21 heavy (non-hydrogen) atoms. The maximum absolute atomic E-state index is 5.70. The van der Waals surface area contributed by atoms with Crippen molar-refractivity contribution in [1.82, 2.24) is 0 Å². The van der Waals surface area contributed by atoms with E-state index in [0.29, 0.717) is 0 Å². The van der Waals surface area contributed by atoms with Crippen molar-refractivity contribution in [3.05, 3.63) is 48.5 Å². The second-order valence-electron chi connectivity index (χ2n) is 3.64. The second-order valence-corrected chi connectivity index (χ2v) is 6.81. The van der Waals surface area contributed by atoms with Gasteiger partial charge in [0.15, 0.2) is 0 Å². The molecule has 0 saturated heterocycles. The van der Waals surface area contributed by atoms with Crippen LogP contribution in [-0.4, -0.2) is 12.5 Å². The van der Waals surface area contributed by atoms with Crippen LogP contribution in [0.2, 0.25) is 0 Å². The Labute approximate surface area is 159 Å². The van der Waals surface area contributed by atoms with Gasteiger partial charge in [-0.25, -0.2) is 0 Å². The Balaban J connectivity index is 0.00000200. The van der Waals surface area contributed by atoms with Crippen LogP contribution >= 0.6 is 23.5 Å². The number of benzene rings is 2. The molecular formula is C14H14Cl2O2S2Zr. The van der Waals surface area contributed by atoms with Crippen LogP contribution in [0.3, 0.4) is 0 Å². The summed E-state index contributed by atoms with van der Waals surface area (Å²) in [6.45, 7) is 0. The molecule has 0 aliphatic heterocycles. The van der Waals surface area contributed by atoms with Crippen LogP contribution in [0.15, 0.2) is 58.3 Å². The molecule has 0 radical (unpaired) electrons. The van der Waals surface area contributed by atoms with Gasteiger partial charge >= 0.3 is 136 Å². The van der Waals surface area contributed by atoms with E-state index in [-0.39, 0.29) is 24.8 Å². The van der Waals surface area contributed by atoms with Crippen LogP contribution < -0.4 is 30.4 Å². The smallest absolute Gasteiger partial charge is 1.00 e. The molecule has 0 amide bonds. The van der Waals surface area contributed by atoms with Gasteiger partial charge in [-0.15, -0.1) is 0 Å². The number of hydrogen-bond donors (Lipinski definition) is 0. The first-order valence-corrected chi connectivity index (χ1v) is 10.1. The van der Waals surface area contributed by atoms with E-state index >= 15 is 0 Å². The van der Waals surface area contributed by atoms with Gasteiger partial charge in [0.1, 0.15) is 0 Å². The summed E-state index contributed by atoms with van der Waals surface area (Å²) in [5, 5.41) is 0. The molecule has 0 aliphatic rings. The van der Waals surface area contributed by atoms with Crippen LogP contribution in [0, 0.1) is 0 Å². The minimum absolute atomic E-state index is 0. The Morgan fingerprint density at radius 1 is 0.667 bits per heavy atom. The fourth-order valence-electron chi connectivity index (χ4n) is 1.40. The Bertz CT molecular complexity index is 462. The minimum Gasteiger partial charge on any atom is -1.00 e.